The van der Waals surface area contributed by atoms with Crippen LogP contribution in [0.5, 0.6) is 0 Å². The molecule has 0 aromatic carbocycles. The lowest BCUT2D eigenvalue weighted by atomic mass is 10.1. The second-order valence-corrected chi connectivity index (χ2v) is 2.83. The van der Waals surface area contributed by atoms with Crippen LogP contribution in [0.25, 0.3) is 0 Å². The summed E-state index contributed by atoms with van der Waals surface area (Å²) in [6.07, 6.45) is -0.546. The van der Waals surface area contributed by atoms with E-state index in [0.29, 0.717) is 6.61 Å². The Morgan fingerprint density at radius 3 is 2.92 bits per heavy atom. The Morgan fingerprint density at radius 2 is 2.08 bits per heavy atom. The van der Waals surface area contributed by atoms with Crippen LogP contribution in [0.1, 0.15) is 0 Å². The van der Waals surface area contributed by atoms with Crippen LogP contribution in [0, 0.1) is 0 Å². The highest BCUT2D eigenvalue weighted by Crippen LogP contribution is 2.20. The van der Waals surface area contributed by atoms with Crippen LogP contribution < -0.4 is 0 Å². The van der Waals surface area contributed by atoms with E-state index in [1.54, 1.807) is 0 Å². The van der Waals surface area contributed by atoms with Crippen molar-refractivity contribution in [2.45, 2.75) is 18.3 Å². The molecule has 2 aliphatic heterocycles. The lowest BCUT2D eigenvalue weighted by Crippen LogP contribution is -2.54. The van der Waals surface area contributed by atoms with Gasteiger partial charge in [-0.25, -0.2) is 0 Å². The van der Waals surface area contributed by atoms with Crippen molar-refractivity contribution in [1.29, 1.82) is 0 Å². The first-order valence-electron chi connectivity index (χ1n) is 3.95. The van der Waals surface area contributed by atoms with Crippen LogP contribution in [-0.4, -0.2) is 50.2 Å². The Kier molecular flexibility index (Phi) is 2.57. The minimum atomic E-state index is -0.271. The van der Waals surface area contributed by atoms with Gasteiger partial charge >= 0.3 is 0 Å². The molecule has 0 unspecified atom stereocenters. The molecule has 1 N–H and O–H groups in total. The van der Waals surface area contributed by atoms with E-state index in [9.17, 15) is 0 Å². The molecule has 0 aromatic rings. The van der Waals surface area contributed by atoms with Crippen LogP contribution in [0.15, 0.2) is 0 Å². The zero-order chi connectivity index (χ0) is 8.39. The van der Waals surface area contributed by atoms with E-state index >= 15 is 0 Å². The quantitative estimate of drug-likeness (QED) is 0.560. The van der Waals surface area contributed by atoms with Crippen LogP contribution >= 0.6 is 0 Å². The number of fused-ring (bicyclic) bond motifs is 1. The fourth-order valence-corrected chi connectivity index (χ4v) is 1.45. The zero-order valence-corrected chi connectivity index (χ0v) is 6.64. The van der Waals surface area contributed by atoms with Gasteiger partial charge in [-0.2, -0.15) is 0 Å². The summed E-state index contributed by atoms with van der Waals surface area (Å²) in [4.78, 5) is 0. The molecule has 2 heterocycles. The molecule has 0 radical (unpaired) electrons. The Balaban J connectivity index is 1.99. The van der Waals surface area contributed by atoms with E-state index in [0.717, 1.165) is 0 Å². The first kappa shape index (κ1) is 8.40. The fraction of sp³-hybridized carbons (Fsp3) is 1.00. The minimum Gasteiger partial charge on any atom is -0.394 e. The number of aliphatic hydroxyl groups is 1. The predicted octanol–water partition coefficient (Wildman–Crippen LogP) is -0.907. The van der Waals surface area contributed by atoms with E-state index in [2.05, 4.69) is 0 Å². The van der Waals surface area contributed by atoms with Gasteiger partial charge in [0.1, 0.15) is 31.9 Å². The summed E-state index contributed by atoms with van der Waals surface area (Å²) in [5, 5.41) is 8.93. The summed E-state index contributed by atoms with van der Waals surface area (Å²) >= 11 is 0. The Bertz CT molecular complexity index is 142. The van der Waals surface area contributed by atoms with E-state index in [-0.39, 0.29) is 38.5 Å². The summed E-state index contributed by atoms with van der Waals surface area (Å²) in [7, 11) is 0. The highest BCUT2D eigenvalue weighted by molar-refractivity contribution is 4.82. The molecule has 2 aliphatic rings. The topological polar surface area (TPSA) is 57.2 Å². The van der Waals surface area contributed by atoms with Gasteiger partial charge in [0.15, 0.2) is 0 Å². The fourth-order valence-electron chi connectivity index (χ4n) is 1.45. The molecular formula is C7H12O5. The molecule has 12 heavy (non-hydrogen) atoms. The molecule has 0 saturated carbocycles. The Hall–Kier alpha value is -0.200. The maximum absolute atomic E-state index is 8.93. The van der Waals surface area contributed by atoms with E-state index in [1.165, 1.54) is 0 Å². The predicted molar refractivity (Wildman–Crippen MR) is 37.4 cm³/mol. The zero-order valence-electron chi connectivity index (χ0n) is 6.64. The molecule has 2 rings (SSSR count). The number of hydrogen-bond acceptors (Lipinski definition) is 5. The van der Waals surface area contributed by atoms with Gasteiger partial charge in [-0.1, -0.05) is 0 Å². The van der Waals surface area contributed by atoms with Gasteiger partial charge in [-0.15, -0.1) is 0 Å². The molecule has 0 aliphatic carbocycles. The average molecular weight is 176 g/mol. The third kappa shape index (κ3) is 1.46. The molecule has 70 valence electrons. The summed E-state index contributed by atoms with van der Waals surface area (Å²) < 4.78 is 20.7. The Morgan fingerprint density at radius 1 is 1.17 bits per heavy atom. The minimum absolute atomic E-state index is 0.0372. The van der Waals surface area contributed by atoms with Crippen molar-refractivity contribution in [2.75, 3.05) is 26.8 Å². The molecule has 0 spiro atoms. The highest BCUT2D eigenvalue weighted by Gasteiger charge is 2.38. The molecule has 5 nitrogen and oxygen atoms in total. The van der Waals surface area contributed by atoms with Crippen molar-refractivity contribution in [2.24, 2.45) is 0 Å². The van der Waals surface area contributed by atoms with Crippen molar-refractivity contribution < 1.29 is 24.1 Å². The van der Waals surface area contributed by atoms with Crippen molar-refractivity contribution in [3.63, 3.8) is 0 Å². The molecular weight excluding hydrogens is 164 g/mol. The Labute approximate surface area is 70.2 Å². The van der Waals surface area contributed by atoms with Gasteiger partial charge < -0.3 is 24.1 Å². The van der Waals surface area contributed by atoms with Crippen molar-refractivity contribution >= 4 is 0 Å². The van der Waals surface area contributed by atoms with Gasteiger partial charge in [-0.3, -0.25) is 0 Å². The normalized spacial score (nSPS) is 42.2. The summed E-state index contributed by atoms with van der Waals surface area (Å²) in [6, 6.07) is 0. The number of hydrogen-bond donors (Lipinski definition) is 1. The number of rotatable bonds is 1. The average Bonchev–Trinajstić information content (AvgIpc) is 2.17. The summed E-state index contributed by atoms with van der Waals surface area (Å²) in [5.41, 5.74) is 0. The molecule has 3 atom stereocenters. The molecule has 2 saturated heterocycles. The third-order valence-corrected chi connectivity index (χ3v) is 2.10. The monoisotopic (exact) mass is 176 g/mol. The lowest BCUT2D eigenvalue weighted by Gasteiger charge is -2.39. The second kappa shape index (κ2) is 3.68. The van der Waals surface area contributed by atoms with Crippen molar-refractivity contribution in [3.05, 3.63) is 0 Å². The summed E-state index contributed by atoms with van der Waals surface area (Å²) in [6.45, 7) is 0.943. The molecule has 2 fully saturated rings. The SMILES string of the molecule is OC[C@@H]1OCO[C@H]2COCO[C@@H]12. The second-order valence-electron chi connectivity index (χ2n) is 2.83. The van der Waals surface area contributed by atoms with E-state index in [4.69, 9.17) is 24.1 Å². The lowest BCUT2D eigenvalue weighted by molar-refractivity contribution is -0.304. The van der Waals surface area contributed by atoms with Gasteiger partial charge in [-0.05, 0) is 0 Å². The maximum Gasteiger partial charge on any atom is 0.147 e. The van der Waals surface area contributed by atoms with Crippen LogP contribution in [0.4, 0.5) is 0 Å². The van der Waals surface area contributed by atoms with Crippen molar-refractivity contribution in [3.8, 4) is 0 Å². The number of ether oxygens (including phenoxy) is 4. The van der Waals surface area contributed by atoms with Gasteiger partial charge in [0, 0.05) is 0 Å². The van der Waals surface area contributed by atoms with Gasteiger partial charge in [0.2, 0.25) is 0 Å². The smallest absolute Gasteiger partial charge is 0.147 e. The van der Waals surface area contributed by atoms with Crippen LogP contribution in [0.3, 0.4) is 0 Å². The van der Waals surface area contributed by atoms with Crippen LogP contribution in [-0.2, 0) is 18.9 Å². The molecule has 0 amide bonds. The van der Waals surface area contributed by atoms with Crippen molar-refractivity contribution in [1.82, 2.24) is 0 Å². The standard InChI is InChI=1S/C7H12O5/c8-1-5-7-6(11-4-10-5)2-9-3-12-7/h5-8H,1-4H2/t5-,6-,7-/m0/s1. The first-order chi connectivity index (χ1) is 5.92. The number of aliphatic hydroxyl groups excluding tert-OH is 1. The van der Waals surface area contributed by atoms with E-state index < -0.39 is 0 Å². The first-order valence-corrected chi connectivity index (χ1v) is 3.95. The molecule has 0 bridgehead atoms. The largest absolute Gasteiger partial charge is 0.394 e. The molecule has 5 heteroatoms. The van der Waals surface area contributed by atoms with Gasteiger partial charge in [0.05, 0.1) is 13.2 Å². The summed E-state index contributed by atoms with van der Waals surface area (Å²) in [5.74, 6) is 0. The van der Waals surface area contributed by atoms with Gasteiger partial charge in [0.25, 0.3) is 0 Å². The maximum atomic E-state index is 8.93. The highest BCUT2D eigenvalue weighted by atomic mass is 16.7. The molecule has 0 aromatic heterocycles. The third-order valence-electron chi connectivity index (χ3n) is 2.10. The van der Waals surface area contributed by atoms with E-state index in [1.807, 2.05) is 0 Å². The van der Waals surface area contributed by atoms with Crippen LogP contribution in [0.2, 0.25) is 0 Å².